The van der Waals surface area contributed by atoms with Crippen molar-refractivity contribution in [1.29, 1.82) is 0 Å². The summed E-state index contributed by atoms with van der Waals surface area (Å²) in [4.78, 5) is 12.3. The molecule has 9 heteroatoms. The number of rotatable bonds is 11. The van der Waals surface area contributed by atoms with Crippen LogP contribution in [0.25, 0.3) is 22.2 Å². The predicted octanol–water partition coefficient (Wildman–Crippen LogP) is 3.39. The third kappa shape index (κ3) is 5.99. The normalized spacial score (nSPS) is 11.9. The average Bonchev–Trinajstić information content (AvgIpc) is 3.24. The van der Waals surface area contributed by atoms with Gasteiger partial charge in [0.1, 0.15) is 0 Å². The molecule has 0 atom stereocenters. The number of sulfonamides is 1. The van der Waals surface area contributed by atoms with Crippen LogP contribution in [0.15, 0.2) is 67.0 Å². The first-order chi connectivity index (χ1) is 16.4. The van der Waals surface area contributed by atoms with Gasteiger partial charge in [-0.3, -0.25) is 0 Å². The Balaban J connectivity index is 1.44. The third-order valence-corrected chi connectivity index (χ3v) is 6.92. The second kappa shape index (κ2) is 10.8. The quantitative estimate of drug-likeness (QED) is 0.304. The molecule has 34 heavy (non-hydrogen) atoms. The molecule has 2 heterocycles. The molecule has 0 saturated carbocycles. The highest BCUT2D eigenvalue weighted by Gasteiger charge is 2.16. The molecule has 0 fully saturated rings. The molecule has 0 aliphatic heterocycles. The molecular weight excluding hydrogens is 448 g/mol. The van der Waals surface area contributed by atoms with Crippen LogP contribution in [-0.2, 0) is 23.0 Å². The standard InChI is InChI=1S/C25H30N6O2S/c1-34(32,33)31(15-5-12-26)18-19-6-4-7-20(16-19)23-11-14-28-25(30-23)27-13-10-21-17-29-24-9-3-2-8-22(21)24/h2-4,6-9,11,14,16-17,29H,5,10,12-13,15,18,26H2,1H3,(H,27,28,30). The third-order valence-electron chi connectivity index (χ3n) is 5.67. The maximum atomic E-state index is 12.2. The van der Waals surface area contributed by atoms with Crippen LogP contribution < -0.4 is 11.1 Å². The van der Waals surface area contributed by atoms with Crippen molar-refractivity contribution in [1.82, 2.24) is 19.3 Å². The number of benzene rings is 2. The molecule has 0 unspecified atom stereocenters. The van der Waals surface area contributed by atoms with Gasteiger partial charge in [-0.15, -0.1) is 0 Å². The van der Waals surface area contributed by atoms with Gasteiger partial charge in [-0.2, -0.15) is 4.31 Å². The zero-order valence-electron chi connectivity index (χ0n) is 19.2. The number of fused-ring (bicyclic) bond motifs is 1. The van der Waals surface area contributed by atoms with Gasteiger partial charge in [0.15, 0.2) is 0 Å². The molecule has 0 saturated heterocycles. The molecule has 4 aromatic rings. The minimum Gasteiger partial charge on any atom is -0.361 e. The summed E-state index contributed by atoms with van der Waals surface area (Å²) in [5, 5.41) is 4.54. The zero-order chi connectivity index (χ0) is 24.0. The van der Waals surface area contributed by atoms with Gasteiger partial charge >= 0.3 is 0 Å². The average molecular weight is 479 g/mol. The van der Waals surface area contributed by atoms with E-state index in [-0.39, 0.29) is 0 Å². The van der Waals surface area contributed by atoms with Crippen molar-refractivity contribution in [3.8, 4) is 11.3 Å². The minimum absolute atomic E-state index is 0.299. The number of nitrogens with one attached hydrogen (secondary N) is 2. The van der Waals surface area contributed by atoms with Crippen LogP contribution in [0.1, 0.15) is 17.5 Å². The molecule has 0 spiro atoms. The highest BCUT2D eigenvalue weighted by Crippen LogP contribution is 2.21. The van der Waals surface area contributed by atoms with Gasteiger partial charge in [0, 0.05) is 48.5 Å². The number of hydrogen-bond donors (Lipinski definition) is 3. The molecule has 0 aliphatic rings. The SMILES string of the molecule is CS(=O)(=O)N(CCCN)Cc1cccc(-c2ccnc(NCCc3c[nH]c4ccccc34)n2)c1. The molecule has 178 valence electrons. The Bertz CT molecular complexity index is 1350. The largest absolute Gasteiger partial charge is 0.361 e. The molecule has 4 rings (SSSR count). The fourth-order valence-corrected chi connectivity index (χ4v) is 4.76. The number of nitrogens with zero attached hydrogens (tertiary/aromatic N) is 3. The number of H-pyrrole nitrogens is 1. The van der Waals surface area contributed by atoms with Crippen molar-refractivity contribution >= 4 is 26.9 Å². The van der Waals surface area contributed by atoms with Crippen molar-refractivity contribution in [2.75, 3.05) is 31.2 Å². The van der Waals surface area contributed by atoms with Crippen LogP contribution in [0.3, 0.4) is 0 Å². The number of aromatic nitrogens is 3. The molecule has 4 N–H and O–H groups in total. The van der Waals surface area contributed by atoms with Crippen molar-refractivity contribution in [3.05, 3.63) is 78.1 Å². The van der Waals surface area contributed by atoms with Gasteiger partial charge in [0.05, 0.1) is 11.9 Å². The Morgan fingerprint density at radius 3 is 2.79 bits per heavy atom. The maximum Gasteiger partial charge on any atom is 0.223 e. The highest BCUT2D eigenvalue weighted by molar-refractivity contribution is 7.88. The number of nitrogens with two attached hydrogens (primary N) is 1. The molecule has 0 aliphatic carbocycles. The highest BCUT2D eigenvalue weighted by atomic mass is 32.2. The van der Waals surface area contributed by atoms with E-state index >= 15 is 0 Å². The summed E-state index contributed by atoms with van der Waals surface area (Å²) in [6, 6.07) is 17.9. The Labute approximate surface area is 200 Å². The Morgan fingerprint density at radius 2 is 1.97 bits per heavy atom. The van der Waals surface area contributed by atoms with E-state index in [0.717, 1.165) is 28.8 Å². The second-order valence-electron chi connectivity index (χ2n) is 8.24. The molecule has 0 bridgehead atoms. The summed E-state index contributed by atoms with van der Waals surface area (Å²) >= 11 is 0. The van der Waals surface area contributed by atoms with E-state index in [1.54, 1.807) is 6.20 Å². The fourth-order valence-electron chi connectivity index (χ4n) is 3.91. The van der Waals surface area contributed by atoms with E-state index in [1.807, 2.05) is 48.7 Å². The monoisotopic (exact) mass is 478 g/mol. The van der Waals surface area contributed by atoms with Crippen LogP contribution in [-0.4, -0.2) is 53.6 Å². The van der Waals surface area contributed by atoms with Gasteiger partial charge in [-0.05, 0) is 48.7 Å². The first kappa shape index (κ1) is 23.9. The molecule has 8 nitrogen and oxygen atoms in total. The summed E-state index contributed by atoms with van der Waals surface area (Å²) < 4.78 is 25.8. The zero-order valence-corrected chi connectivity index (χ0v) is 20.1. The lowest BCUT2D eigenvalue weighted by molar-refractivity contribution is 0.405. The van der Waals surface area contributed by atoms with Crippen LogP contribution in [0.4, 0.5) is 5.95 Å². The smallest absolute Gasteiger partial charge is 0.223 e. The summed E-state index contributed by atoms with van der Waals surface area (Å²) in [6.45, 7) is 1.85. The lowest BCUT2D eigenvalue weighted by Gasteiger charge is -2.20. The summed E-state index contributed by atoms with van der Waals surface area (Å²) in [6.07, 6.45) is 6.46. The number of anilines is 1. The molecule has 0 radical (unpaired) electrons. The van der Waals surface area contributed by atoms with Gasteiger partial charge in [-0.25, -0.2) is 18.4 Å². The van der Waals surface area contributed by atoms with E-state index in [2.05, 4.69) is 32.4 Å². The van der Waals surface area contributed by atoms with Gasteiger partial charge < -0.3 is 16.0 Å². The van der Waals surface area contributed by atoms with Crippen LogP contribution >= 0.6 is 0 Å². The summed E-state index contributed by atoms with van der Waals surface area (Å²) in [7, 11) is -3.32. The summed E-state index contributed by atoms with van der Waals surface area (Å²) in [5.74, 6) is 0.559. The first-order valence-corrected chi connectivity index (χ1v) is 13.2. The van der Waals surface area contributed by atoms with Crippen molar-refractivity contribution in [3.63, 3.8) is 0 Å². The molecule has 2 aromatic heterocycles. The predicted molar refractivity (Wildman–Crippen MR) is 137 cm³/mol. The van der Waals surface area contributed by atoms with E-state index < -0.39 is 10.0 Å². The van der Waals surface area contributed by atoms with Gasteiger partial charge in [0.2, 0.25) is 16.0 Å². The molecule has 0 amide bonds. The second-order valence-corrected chi connectivity index (χ2v) is 10.2. The van der Waals surface area contributed by atoms with Crippen LogP contribution in [0.5, 0.6) is 0 Å². The lowest BCUT2D eigenvalue weighted by Crippen LogP contribution is -2.31. The Morgan fingerprint density at radius 1 is 1.12 bits per heavy atom. The van der Waals surface area contributed by atoms with Crippen molar-refractivity contribution in [2.45, 2.75) is 19.4 Å². The van der Waals surface area contributed by atoms with Crippen LogP contribution in [0, 0.1) is 0 Å². The summed E-state index contributed by atoms with van der Waals surface area (Å²) in [5.41, 5.74) is 10.5. The molecular formula is C25H30N6O2S. The number of aromatic amines is 1. The van der Waals surface area contributed by atoms with E-state index in [9.17, 15) is 8.42 Å². The minimum atomic E-state index is -3.32. The Kier molecular flexibility index (Phi) is 7.56. The van der Waals surface area contributed by atoms with Crippen molar-refractivity contribution in [2.24, 2.45) is 5.73 Å². The number of hydrogen-bond acceptors (Lipinski definition) is 6. The Hall–Kier alpha value is -3.27. The number of para-hydroxylation sites is 1. The fraction of sp³-hybridized carbons (Fsp3) is 0.280. The van der Waals surface area contributed by atoms with Crippen molar-refractivity contribution < 1.29 is 8.42 Å². The lowest BCUT2D eigenvalue weighted by atomic mass is 10.1. The van der Waals surface area contributed by atoms with E-state index in [4.69, 9.17) is 5.73 Å². The van der Waals surface area contributed by atoms with Crippen LogP contribution in [0.2, 0.25) is 0 Å². The van der Waals surface area contributed by atoms with E-state index in [1.165, 1.54) is 21.5 Å². The van der Waals surface area contributed by atoms with E-state index in [0.29, 0.717) is 38.5 Å². The maximum absolute atomic E-state index is 12.2. The van der Waals surface area contributed by atoms with Gasteiger partial charge in [0.25, 0.3) is 0 Å². The van der Waals surface area contributed by atoms with Gasteiger partial charge in [-0.1, -0.05) is 36.4 Å². The first-order valence-electron chi connectivity index (χ1n) is 11.3. The molecule has 2 aromatic carbocycles. The topological polar surface area (TPSA) is 117 Å².